The van der Waals surface area contributed by atoms with Crippen molar-refractivity contribution in [1.82, 2.24) is 5.32 Å². The zero-order valence-corrected chi connectivity index (χ0v) is 17.7. The molecule has 0 radical (unpaired) electrons. The fraction of sp³-hybridized carbons (Fsp3) is 0.190. The molecular formula is C21H20N2O6S. The number of carbonyl (C=O) groups excluding carboxylic acids is 2. The van der Waals surface area contributed by atoms with Gasteiger partial charge in [-0.15, -0.1) is 0 Å². The van der Waals surface area contributed by atoms with E-state index in [9.17, 15) is 9.59 Å². The van der Waals surface area contributed by atoms with Crippen molar-refractivity contribution < 1.29 is 28.5 Å². The van der Waals surface area contributed by atoms with Gasteiger partial charge in [0.15, 0.2) is 16.6 Å². The van der Waals surface area contributed by atoms with Crippen molar-refractivity contribution in [3.63, 3.8) is 0 Å². The Balaban J connectivity index is 2.09. The molecule has 0 spiro atoms. The van der Waals surface area contributed by atoms with Crippen LogP contribution in [0.25, 0.3) is 6.08 Å². The summed E-state index contributed by atoms with van der Waals surface area (Å²) in [6, 6.07) is 10.0. The largest absolute Gasteiger partial charge is 0.497 e. The van der Waals surface area contributed by atoms with Crippen LogP contribution in [0.3, 0.4) is 0 Å². The molecule has 1 saturated heterocycles. The van der Waals surface area contributed by atoms with Gasteiger partial charge in [-0.25, -0.2) is 0 Å². The first kappa shape index (κ1) is 21.1. The van der Waals surface area contributed by atoms with E-state index in [2.05, 4.69) is 5.32 Å². The second-order valence-electron chi connectivity index (χ2n) is 6.11. The van der Waals surface area contributed by atoms with Crippen molar-refractivity contribution in [3.05, 3.63) is 47.5 Å². The SMILES string of the molecule is COc1cccc(N2C(=O)C(=Cc3cc(OC)c(OC)cc3OC)C(=O)NC2=S)c1. The lowest BCUT2D eigenvalue weighted by molar-refractivity contribution is -0.122. The molecular weight excluding hydrogens is 408 g/mol. The monoisotopic (exact) mass is 428 g/mol. The quantitative estimate of drug-likeness (QED) is 0.430. The predicted molar refractivity (Wildman–Crippen MR) is 115 cm³/mol. The van der Waals surface area contributed by atoms with Gasteiger partial charge in [-0.3, -0.25) is 19.8 Å². The minimum Gasteiger partial charge on any atom is -0.497 e. The Morgan fingerprint density at radius 2 is 1.57 bits per heavy atom. The lowest BCUT2D eigenvalue weighted by Crippen LogP contribution is -2.54. The van der Waals surface area contributed by atoms with Crippen LogP contribution in [0.1, 0.15) is 5.56 Å². The number of nitrogens with one attached hydrogen (secondary N) is 1. The Labute approximate surface area is 179 Å². The highest BCUT2D eigenvalue weighted by Gasteiger charge is 2.35. The molecule has 1 heterocycles. The third-order valence-electron chi connectivity index (χ3n) is 4.45. The van der Waals surface area contributed by atoms with E-state index in [0.717, 1.165) is 0 Å². The van der Waals surface area contributed by atoms with E-state index < -0.39 is 11.8 Å². The molecule has 9 heteroatoms. The fourth-order valence-electron chi connectivity index (χ4n) is 2.96. The van der Waals surface area contributed by atoms with Crippen LogP contribution in [0.4, 0.5) is 5.69 Å². The van der Waals surface area contributed by atoms with Gasteiger partial charge >= 0.3 is 0 Å². The van der Waals surface area contributed by atoms with Crippen molar-refractivity contribution in [2.45, 2.75) is 0 Å². The molecule has 0 aromatic heterocycles. The van der Waals surface area contributed by atoms with Gasteiger partial charge in [-0.2, -0.15) is 0 Å². The molecule has 2 aromatic carbocycles. The van der Waals surface area contributed by atoms with Gasteiger partial charge in [0.1, 0.15) is 17.1 Å². The summed E-state index contributed by atoms with van der Waals surface area (Å²) in [6.45, 7) is 0. The second kappa shape index (κ2) is 8.83. The van der Waals surface area contributed by atoms with Crippen LogP contribution >= 0.6 is 12.2 Å². The normalized spacial score (nSPS) is 15.1. The molecule has 2 amide bonds. The summed E-state index contributed by atoms with van der Waals surface area (Å²) in [5, 5.41) is 2.53. The van der Waals surface area contributed by atoms with E-state index in [0.29, 0.717) is 34.2 Å². The van der Waals surface area contributed by atoms with Crippen LogP contribution in [0.5, 0.6) is 23.0 Å². The molecule has 156 valence electrons. The van der Waals surface area contributed by atoms with E-state index in [1.54, 1.807) is 36.4 Å². The molecule has 1 aliphatic heterocycles. The topological polar surface area (TPSA) is 86.3 Å². The summed E-state index contributed by atoms with van der Waals surface area (Å²) in [6.07, 6.45) is 1.42. The molecule has 0 bridgehead atoms. The number of thiocarbonyl (C=S) groups is 1. The Kier molecular flexibility index (Phi) is 6.22. The van der Waals surface area contributed by atoms with Crippen LogP contribution in [0.15, 0.2) is 42.0 Å². The maximum atomic E-state index is 13.2. The summed E-state index contributed by atoms with van der Waals surface area (Å²) in [7, 11) is 5.98. The summed E-state index contributed by atoms with van der Waals surface area (Å²) in [5.74, 6) is 0.646. The maximum absolute atomic E-state index is 13.2. The van der Waals surface area contributed by atoms with Gasteiger partial charge < -0.3 is 18.9 Å². The number of carbonyl (C=O) groups is 2. The molecule has 2 aromatic rings. The standard InChI is InChI=1S/C21H20N2O6S/c1-26-14-7-5-6-13(10-14)23-20(25)15(19(24)22-21(23)30)8-12-9-17(28-3)18(29-4)11-16(12)27-2/h5-11H,1-4H3,(H,22,24,30). The van der Waals surface area contributed by atoms with Gasteiger partial charge in [-0.1, -0.05) is 6.07 Å². The zero-order valence-electron chi connectivity index (χ0n) is 16.8. The molecule has 0 atom stereocenters. The van der Waals surface area contributed by atoms with Crippen molar-refractivity contribution in [2.75, 3.05) is 33.3 Å². The molecule has 8 nitrogen and oxygen atoms in total. The average molecular weight is 428 g/mol. The van der Waals surface area contributed by atoms with Crippen molar-refractivity contribution in [1.29, 1.82) is 0 Å². The number of hydrogen-bond acceptors (Lipinski definition) is 7. The number of hydrogen-bond donors (Lipinski definition) is 1. The number of amides is 2. The van der Waals surface area contributed by atoms with Gasteiger partial charge in [0.2, 0.25) is 0 Å². The lowest BCUT2D eigenvalue weighted by Gasteiger charge is -2.29. The van der Waals surface area contributed by atoms with Gasteiger partial charge in [0, 0.05) is 17.7 Å². The lowest BCUT2D eigenvalue weighted by atomic mass is 10.1. The average Bonchev–Trinajstić information content (AvgIpc) is 2.76. The highest BCUT2D eigenvalue weighted by atomic mass is 32.1. The predicted octanol–water partition coefficient (Wildman–Crippen LogP) is 2.55. The maximum Gasteiger partial charge on any atom is 0.270 e. The fourth-order valence-corrected chi connectivity index (χ4v) is 3.24. The third kappa shape index (κ3) is 3.92. The first-order valence-corrected chi connectivity index (χ1v) is 9.19. The van der Waals surface area contributed by atoms with Crippen molar-refractivity contribution in [2.24, 2.45) is 0 Å². The van der Waals surface area contributed by atoms with E-state index in [1.807, 2.05) is 0 Å². The van der Waals surface area contributed by atoms with Gasteiger partial charge in [0.05, 0.1) is 34.1 Å². The van der Waals surface area contributed by atoms with Crippen molar-refractivity contribution in [3.8, 4) is 23.0 Å². The molecule has 1 aliphatic rings. The Hall–Kier alpha value is -3.59. The number of anilines is 1. The molecule has 1 fully saturated rings. The minimum atomic E-state index is -0.610. The zero-order chi connectivity index (χ0) is 21.8. The minimum absolute atomic E-state index is 0.0188. The summed E-state index contributed by atoms with van der Waals surface area (Å²) in [5.41, 5.74) is 0.818. The molecule has 0 aliphatic carbocycles. The Bertz CT molecular complexity index is 1050. The van der Waals surface area contributed by atoms with Gasteiger partial charge in [0.25, 0.3) is 11.8 Å². The van der Waals surface area contributed by atoms with Crippen LogP contribution in [-0.4, -0.2) is 45.4 Å². The number of nitrogens with zero attached hydrogens (tertiary/aromatic N) is 1. The Morgan fingerprint density at radius 3 is 2.20 bits per heavy atom. The second-order valence-corrected chi connectivity index (χ2v) is 6.50. The van der Waals surface area contributed by atoms with E-state index in [1.165, 1.54) is 39.4 Å². The number of methoxy groups -OCH3 is 4. The van der Waals surface area contributed by atoms with E-state index in [4.69, 9.17) is 31.2 Å². The van der Waals surface area contributed by atoms with Crippen LogP contribution in [0, 0.1) is 0 Å². The molecule has 0 saturated carbocycles. The molecule has 1 N–H and O–H groups in total. The van der Waals surface area contributed by atoms with Crippen LogP contribution in [0.2, 0.25) is 0 Å². The molecule has 30 heavy (non-hydrogen) atoms. The third-order valence-corrected chi connectivity index (χ3v) is 4.73. The highest BCUT2D eigenvalue weighted by Crippen LogP contribution is 2.36. The number of benzene rings is 2. The van der Waals surface area contributed by atoms with E-state index in [-0.39, 0.29) is 10.7 Å². The van der Waals surface area contributed by atoms with Gasteiger partial charge in [-0.05, 0) is 36.5 Å². The summed E-state index contributed by atoms with van der Waals surface area (Å²) >= 11 is 5.23. The number of ether oxygens (including phenoxy) is 4. The first-order valence-electron chi connectivity index (χ1n) is 8.79. The molecule has 0 unspecified atom stereocenters. The van der Waals surface area contributed by atoms with Crippen molar-refractivity contribution >= 4 is 40.9 Å². The number of rotatable bonds is 6. The summed E-state index contributed by atoms with van der Waals surface area (Å²) in [4.78, 5) is 27.0. The summed E-state index contributed by atoms with van der Waals surface area (Å²) < 4.78 is 21.2. The van der Waals surface area contributed by atoms with Crippen LogP contribution < -0.4 is 29.2 Å². The van der Waals surface area contributed by atoms with Crippen LogP contribution in [-0.2, 0) is 9.59 Å². The highest BCUT2D eigenvalue weighted by molar-refractivity contribution is 7.80. The molecule has 3 rings (SSSR count). The first-order chi connectivity index (χ1) is 14.4. The smallest absolute Gasteiger partial charge is 0.270 e. The van der Waals surface area contributed by atoms with E-state index >= 15 is 0 Å². The Morgan fingerprint density at radius 1 is 0.900 bits per heavy atom.